The summed E-state index contributed by atoms with van der Waals surface area (Å²) in [6.45, 7) is 5.22. The molecule has 0 spiro atoms. The van der Waals surface area contributed by atoms with E-state index in [2.05, 4.69) is 49.8 Å². The lowest BCUT2D eigenvalue weighted by Gasteiger charge is -2.10. The molecule has 0 saturated heterocycles. The Kier molecular flexibility index (Phi) is 6.62. The van der Waals surface area contributed by atoms with Gasteiger partial charge in [-0.2, -0.15) is 0 Å². The van der Waals surface area contributed by atoms with Crippen molar-refractivity contribution in [3.8, 4) is 5.75 Å². The third-order valence-electron chi connectivity index (χ3n) is 3.86. The highest BCUT2D eigenvalue weighted by Gasteiger charge is 2.12. The Morgan fingerprint density at radius 1 is 1.19 bits per heavy atom. The summed E-state index contributed by atoms with van der Waals surface area (Å²) in [6, 6.07) is 13.9. The van der Waals surface area contributed by atoms with E-state index in [0.717, 1.165) is 44.1 Å². The Bertz CT molecular complexity index is 900. The van der Waals surface area contributed by atoms with E-state index in [0.29, 0.717) is 6.61 Å². The van der Waals surface area contributed by atoms with Crippen LogP contribution in [-0.2, 0) is 18.9 Å². The van der Waals surface area contributed by atoms with Crippen LogP contribution in [0.5, 0.6) is 5.75 Å². The fourth-order valence-corrected chi connectivity index (χ4v) is 4.01. The minimum atomic E-state index is 0.374. The fourth-order valence-electron chi connectivity index (χ4n) is 2.48. The SMILES string of the molecule is CCn1c(COc2ccc(Cl)c(C)c2)nnc1SCc1cccc(Br)c1. The van der Waals surface area contributed by atoms with Gasteiger partial charge in [-0.05, 0) is 55.3 Å². The molecule has 26 heavy (non-hydrogen) atoms. The molecule has 7 heteroatoms. The van der Waals surface area contributed by atoms with Crippen LogP contribution in [0, 0.1) is 6.92 Å². The van der Waals surface area contributed by atoms with Gasteiger partial charge in [0.15, 0.2) is 11.0 Å². The first kappa shape index (κ1) is 19.3. The first-order valence-corrected chi connectivity index (χ1v) is 10.4. The van der Waals surface area contributed by atoms with Crippen LogP contribution >= 0.6 is 39.3 Å². The maximum Gasteiger partial charge on any atom is 0.191 e. The van der Waals surface area contributed by atoms with Gasteiger partial charge < -0.3 is 9.30 Å². The molecule has 3 rings (SSSR count). The van der Waals surface area contributed by atoms with Gasteiger partial charge in [0.25, 0.3) is 0 Å². The predicted octanol–water partition coefficient (Wildman–Crippen LogP) is 5.89. The first-order valence-electron chi connectivity index (χ1n) is 8.25. The predicted molar refractivity (Wildman–Crippen MR) is 110 cm³/mol. The molecule has 4 nitrogen and oxygen atoms in total. The molecule has 0 unspecified atom stereocenters. The number of aromatic nitrogens is 3. The van der Waals surface area contributed by atoms with Crippen LogP contribution in [0.4, 0.5) is 0 Å². The zero-order chi connectivity index (χ0) is 18.5. The van der Waals surface area contributed by atoms with Gasteiger partial charge in [0.2, 0.25) is 0 Å². The van der Waals surface area contributed by atoms with Crippen molar-refractivity contribution < 1.29 is 4.74 Å². The zero-order valence-electron chi connectivity index (χ0n) is 14.6. The second-order valence-corrected chi connectivity index (χ2v) is 8.03. The number of hydrogen-bond acceptors (Lipinski definition) is 4. The molecule has 0 atom stereocenters. The van der Waals surface area contributed by atoms with Gasteiger partial charge in [0, 0.05) is 21.8 Å². The molecule has 0 bridgehead atoms. The minimum absolute atomic E-state index is 0.374. The highest BCUT2D eigenvalue weighted by molar-refractivity contribution is 9.10. The smallest absolute Gasteiger partial charge is 0.191 e. The third kappa shape index (κ3) is 4.81. The molecule has 0 saturated carbocycles. The van der Waals surface area contributed by atoms with Crippen LogP contribution in [0.1, 0.15) is 23.9 Å². The Morgan fingerprint density at radius 2 is 2.04 bits per heavy atom. The lowest BCUT2D eigenvalue weighted by Crippen LogP contribution is -2.07. The number of aryl methyl sites for hydroxylation is 1. The van der Waals surface area contributed by atoms with Crippen LogP contribution in [0.15, 0.2) is 52.1 Å². The van der Waals surface area contributed by atoms with Crippen molar-refractivity contribution in [2.24, 2.45) is 0 Å². The lowest BCUT2D eigenvalue weighted by atomic mass is 10.2. The second-order valence-electron chi connectivity index (χ2n) is 5.76. The summed E-state index contributed by atoms with van der Waals surface area (Å²) in [5.41, 5.74) is 2.23. The van der Waals surface area contributed by atoms with E-state index < -0.39 is 0 Å². The average molecular weight is 453 g/mol. The Balaban J connectivity index is 1.66. The fraction of sp³-hybridized carbons (Fsp3) is 0.263. The van der Waals surface area contributed by atoms with E-state index in [1.165, 1.54) is 5.56 Å². The third-order valence-corrected chi connectivity index (χ3v) is 5.82. The Labute approximate surface area is 171 Å². The number of hydrogen-bond donors (Lipinski definition) is 0. The highest BCUT2D eigenvalue weighted by Crippen LogP contribution is 2.25. The maximum atomic E-state index is 6.06. The molecule has 1 heterocycles. The van der Waals surface area contributed by atoms with Crippen molar-refractivity contribution in [3.05, 3.63) is 68.9 Å². The van der Waals surface area contributed by atoms with Gasteiger partial charge in [0.05, 0.1) is 0 Å². The molecule has 0 radical (unpaired) electrons. The standard InChI is InChI=1S/C19H19BrClN3OS/c1-3-24-18(11-25-16-7-8-17(21)13(2)9-16)22-23-19(24)26-12-14-5-4-6-15(20)10-14/h4-10H,3,11-12H2,1-2H3. The van der Waals surface area contributed by atoms with E-state index in [9.17, 15) is 0 Å². The van der Waals surface area contributed by atoms with Gasteiger partial charge in [0.1, 0.15) is 12.4 Å². The lowest BCUT2D eigenvalue weighted by molar-refractivity contribution is 0.288. The minimum Gasteiger partial charge on any atom is -0.486 e. The molecule has 2 aromatic carbocycles. The molecular weight excluding hydrogens is 434 g/mol. The summed E-state index contributed by atoms with van der Waals surface area (Å²) in [7, 11) is 0. The first-order chi connectivity index (χ1) is 12.6. The second kappa shape index (κ2) is 8.93. The van der Waals surface area contributed by atoms with Crippen molar-refractivity contribution in [1.82, 2.24) is 14.8 Å². The summed E-state index contributed by atoms with van der Waals surface area (Å²) in [6.07, 6.45) is 0. The largest absolute Gasteiger partial charge is 0.486 e. The highest BCUT2D eigenvalue weighted by atomic mass is 79.9. The maximum absolute atomic E-state index is 6.06. The average Bonchev–Trinajstić information content (AvgIpc) is 3.03. The normalized spacial score (nSPS) is 10.9. The number of halogens is 2. The van der Waals surface area contributed by atoms with Gasteiger partial charge in [-0.25, -0.2) is 0 Å². The Hall–Kier alpha value is -1.50. The molecule has 136 valence electrons. The molecule has 1 aromatic heterocycles. The summed E-state index contributed by atoms with van der Waals surface area (Å²) in [5, 5.41) is 10.3. The number of nitrogens with zero attached hydrogens (tertiary/aromatic N) is 3. The van der Waals surface area contributed by atoms with E-state index >= 15 is 0 Å². The molecule has 0 aliphatic carbocycles. The van der Waals surface area contributed by atoms with Gasteiger partial charge in [-0.1, -0.05) is 51.4 Å². The number of thioether (sulfide) groups is 1. The summed E-state index contributed by atoms with van der Waals surface area (Å²) in [5.74, 6) is 2.44. The molecule has 0 N–H and O–H groups in total. The summed E-state index contributed by atoms with van der Waals surface area (Å²) < 4.78 is 9.04. The molecule has 0 aliphatic heterocycles. The van der Waals surface area contributed by atoms with Crippen molar-refractivity contribution in [2.75, 3.05) is 0 Å². The van der Waals surface area contributed by atoms with Gasteiger partial charge >= 0.3 is 0 Å². The van der Waals surface area contributed by atoms with Crippen LogP contribution in [0.2, 0.25) is 5.02 Å². The van der Waals surface area contributed by atoms with Crippen molar-refractivity contribution in [1.29, 1.82) is 0 Å². The monoisotopic (exact) mass is 451 g/mol. The van der Waals surface area contributed by atoms with Crippen LogP contribution in [0.25, 0.3) is 0 Å². The molecule has 0 fully saturated rings. The van der Waals surface area contributed by atoms with Crippen molar-refractivity contribution >= 4 is 39.3 Å². The van der Waals surface area contributed by atoms with Gasteiger partial charge in [-0.3, -0.25) is 0 Å². The number of ether oxygens (including phenoxy) is 1. The molecular formula is C19H19BrClN3OS. The van der Waals surface area contributed by atoms with E-state index in [-0.39, 0.29) is 0 Å². The molecule has 0 amide bonds. The van der Waals surface area contributed by atoms with Crippen molar-refractivity contribution in [3.63, 3.8) is 0 Å². The van der Waals surface area contributed by atoms with Crippen LogP contribution in [0.3, 0.4) is 0 Å². The van der Waals surface area contributed by atoms with Crippen LogP contribution in [-0.4, -0.2) is 14.8 Å². The van der Waals surface area contributed by atoms with Gasteiger partial charge in [-0.15, -0.1) is 10.2 Å². The summed E-state index contributed by atoms with van der Waals surface area (Å²) >= 11 is 11.2. The number of benzene rings is 2. The van der Waals surface area contributed by atoms with Crippen molar-refractivity contribution in [2.45, 2.75) is 37.9 Å². The van der Waals surface area contributed by atoms with Crippen LogP contribution < -0.4 is 4.74 Å². The van der Waals surface area contributed by atoms with E-state index in [1.54, 1.807) is 11.8 Å². The Morgan fingerprint density at radius 3 is 2.77 bits per heavy atom. The number of rotatable bonds is 7. The zero-order valence-corrected chi connectivity index (χ0v) is 17.7. The summed E-state index contributed by atoms with van der Waals surface area (Å²) in [4.78, 5) is 0. The topological polar surface area (TPSA) is 39.9 Å². The molecule has 0 aliphatic rings. The van der Waals surface area contributed by atoms with E-state index in [4.69, 9.17) is 16.3 Å². The quantitative estimate of drug-likeness (QED) is 0.419. The van der Waals surface area contributed by atoms with E-state index in [1.807, 2.05) is 37.3 Å². The molecule has 3 aromatic rings.